The number of hydrogen-bond acceptors (Lipinski definition) is 3. The molecule has 2 heterocycles. The number of amides is 1. The normalized spacial score (nSPS) is 19.3. The summed E-state index contributed by atoms with van der Waals surface area (Å²) in [7, 11) is 0. The number of rotatable bonds is 9. The van der Waals surface area contributed by atoms with Crippen LogP contribution in [0, 0.1) is 12.8 Å². The second kappa shape index (κ2) is 11.1. The zero-order valence-corrected chi connectivity index (χ0v) is 20.6. The van der Waals surface area contributed by atoms with Gasteiger partial charge in [0.05, 0.1) is 11.9 Å². The summed E-state index contributed by atoms with van der Waals surface area (Å²) in [5.74, 6) is 1.80. The number of nitrogens with one attached hydrogen (secondary N) is 1. The number of furan rings is 1. The summed E-state index contributed by atoms with van der Waals surface area (Å²) in [6.07, 6.45) is 4.97. The second-order valence-corrected chi connectivity index (χ2v) is 10.2. The maximum absolute atomic E-state index is 13.1. The Balaban J connectivity index is 1.40. The lowest BCUT2D eigenvalue weighted by Crippen LogP contribution is -2.37. The number of hydrogen-bond donors (Lipinski definition) is 1. The first-order valence-corrected chi connectivity index (χ1v) is 12.5. The van der Waals surface area contributed by atoms with Gasteiger partial charge < -0.3 is 14.5 Å². The van der Waals surface area contributed by atoms with E-state index in [-0.39, 0.29) is 23.3 Å². The van der Waals surface area contributed by atoms with Crippen LogP contribution in [0.15, 0.2) is 77.4 Å². The van der Waals surface area contributed by atoms with Crippen molar-refractivity contribution in [3.8, 4) is 0 Å². The third-order valence-corrected chi connectivity index (χ3v) is 7.06. The fourth-order valence-corrected chi connectivity index (χ4v) is 5.27. The van der Waals surface area contributed by atoms with Gasteiger partial charge in [-0.1, -0.05) is 60.2 Å². The molecule has 3 aromatic rings. The van der Waals surface area contributed by atoms with Crippen LogP contribution in [0.2, 0.25) is 0 Å². The Labute approximate surface area is 203 Å². The van der Waals surface area contributed by atoms with E-state index < -0.39 is 0 Å². The summed E-state index contributed by atoms with van der Waals surface area (Å²) in [5, 5.41) is 3.20. The first kappa shape index (κ1) is 24.3. The quantitative estimate of drug-likeness (QED) is 0.392. The molecule has 1 saturated heterocycles. The van der Waals surface area contributed by atoms with Crippen molar-refractivity contribution >= 4 is 5.91 Å². The molecular weight excluding hydrogens is 422 g/mol. The number of carbonyl (C=O) groups excluding carboxylic acids is 1. The third kappa shape index (κ3) is 6.38. The molecule has 1 aliphatic rings. The predicted molar refractivity (Wildman–Crippen MR) is 136 cm³/mol. The average molecular weight is 460 g/mol. The topological polar surface area (TPSA) is 51.5 Å². The van der Waals surface area contributed by atoms with Crippen molar-refractivity contribution in [2.24, 2.45) is 5.92 Å². The number of aryl methyl sites for hydroxylation is 1. The van der Waals surface area contributed by atoms with Crippen LogP contribution in [-0.2, 0) is 9.53 Å². The van der Waals surface area contributed by atoms with Gasteiger partial charge in [0, 0.05) is 25.5 Å². The summed E-state index contributed by atoms with van der Waals surface area (Å²) >= 11 is 0. The minimum atomic E-state index is -0.142. The van der Waals surface area contributed by atoms with Gasteiger partial charge in [-0.2, -0.15) is 0 Å². The first-order chi connectivity index (χ1) is 16.4. The molecule has 1 N–H and O–H groups in total. The Morgan fingerprint density at radius 2 is 1.79 bits per heavy atom. The van der Waals surface area contributed by atoms with E-state index in [9.17, 15) is 4.79 Å². The molecule has 0 radical (unpaired) electrons. The van der Waals surface area contributed by atoms with Crippen molar-refractivity contribution in [3.63, 3.8) is 0 Å². The fourth-order valence-electron chi connectivity index (χ4n) is 5.27. The molecule has 0 unspecified atom stereocenters. The van der Waals surface area contributed by atoms with Crippen molar-refractivity contribution in [1.29, 1.82) is 0 Å². The van der Waals surface area contributed by atoms with Crippen LogP contribution in [0.1, 0.15) is 73.8 Å². The summed E-state index contributed by atoms with van der Waals surface area (Å²) < 4.78 is 11.7. The minimum absolute atomic E-state index is 0.111. The van der Waals surface area contributed by atoms with Gasteiger partial charge in [-0.05, 0) is 75.1 Å². The summed E-state index contributed by atoms with van der Waals surface area (Å²) in [6.45, 7) is 7.76. The second-order valence-electron chi connectivity index (χ2n) is 10.2. The van der Waals surface area contributed by atoms with Crippen molar-refractivity contribution in [2.75, 3.05) is 13.2 Å². The lowest BCUT2D eigenvalue weighted by molar-refractivity contribution is -0.123. The number of carbonyl (C=O) groups is 1. The molecule has 4 nitrogen and oxygen atoms in total. The van der Waals surface area contributed by atoms with Crippen LogP contribution < -0.4 is 5.32 Å². The predicted octanol–water partition coefficient (Wildman–Crippen LogP) is 6.61. The Hall–Kier alpha value is -2.85. The molecule has 0 aliphatic carbocycles. The molecular formula is C30H37NO3. The SMILES string of the molecule is Cc1ccc([C@@H](CCNC(=O)C[C@H](c2ccccc2)[C@@H]2CCOC(C)(C)C2)c2ccco2)cc1. The van der Waals surface area contributed by atoms with Crippen LogP contribution in [0.25, 0.3) is 0 Å². The molecule has 34 heavy (non-hydrogen) atoms. The van der Waals surface area contributed by atoms with Gasteiger partial charge in [-0.25, -0.2) is 0 Å². The smallest absolute Gasteiger partial charge is 0.220 e. The highest BCUT2D eigenvalue weighted by atomic mass is 16.5. The van der Waals surface area contributed by atoms with Crippen LogP contribution in [0.4, 0.5) is 0 Å². The van der Waals surface area contributed by atoms with Crippen LogP contribution in [-0.4, -0.2) is 24.7 Å². The Morgan fingerprint density at radius 1 is 1.03 bits per heavy atom. The molecule has 0 saturated carbocycles. The zero-order chi connectivity index (χ0) is 24.0. The molecule has 0 spiro atoms. The Kier molecular flexibility index (Phi) is 7.89. The van der Waals surface area contributed by atoms with Crippen molar-refractivity contribution < 1.29 is 13.9 Å². The van der Waals surface area contributed by atoms with Gasteiger partial charge in [-0.3, -0.25) is 4.79 Å². The van der Waals surface area contributed by atoms with Gasteiger partial charge in [0.25, 0.3) is 0 Å². The van der Waals surface area contributed by atoms with Gasteiger partial charge in [0.2, 0.25) is 5.91 Å². The summed E-state index contributed by atoms with van der Waals surface area (Å²) in [6, 6.07) is 23.0. The van der Waals surface area contributed by atoms with Gasteiger partial charge in [0.1, 0.15) is 5.76 Å². The Bertz CT molecular complexity index is 1020. The minimum Gasteiger partial charge on any atom is -0.469 e. The number of ether oxygens (including phenoxy) is 1. The third-order valence-electron chi connectivity index (χ3n) is 7.06. The lowest BCUT2D eigenvalue weighted by atomic mass is 9.75. The van der Waals surface area contributed by atoms with Crippen LogP contribution >= 0.6 is 0 Å². The van der Waals surface area contributed by atoms with Crippen molar-refractivity contribution in [3.05, 3.63) is 95.4 Å². The molecule has 3 atom stereocenters. The molecule has 2 aromatic carbocycles. The van der Waals surface area contributed by atoms with Crippen LogP contribution in [0.3, 0.4) is 0 Å². The maximum Gasteiger partial charge on any atom is 0.220 e. The molecule has 4 heteroatoms. The van der Waals surface area contributed by atoms with E-state index in [1.165, 1.54) is 16.7 Å². The molecule has 0 bridgehead atoms. The van der Waals surface area contributed by atoms with Crippen LogP contribution in [0.5, 0.6) is 0 Å². The highest BCUT2D eigenvalue weighted by Crippen LogP contribution is 2.40. The van der Waals surface area contributed by atoms with E-state index in [0.717, 1.165) is 31.6 Å². The molecule has 1 fully saturated rings. The summed E-state index contributed by atoms with van der Waals surface area (Å²) in [5.41, 5.74) is 3.55. The first-order valence-electron chi connectivity index (χ1n) is 12.5. The molecule has 1 aromatic heterocycles. The molecule has 180 valence electrons. The lowest BCUT2D eigenvalue weighted by Gasteiger charge is -2.39. The van der Waals surface area contributed by atoms with Crippen molar-refractivity contribution in [2.45, 2.75) is 63.9 Å². The van der Waals surface area contributed by atoms with E-state index in [1.807, 2.05) is 18.2 Å². The highest BCUT2D eigenvalue weighted by Gasteiger charge is 2.35. The average Bonchev–Trinajstić information content (AvgIpc) is 3.36. The maximum atomic E-state index is 13.1. The van der Waals surface area contributed by atoms with Crippen molar-refractivity contribution in [1.82, 2.24) is 5.32 Å². The van der Waals surface area contributed by atoms with E-state index >= 15 is 0 Å². The van der Waals surface area contributed by atoms with E-state index in [0.29, 0.717) is 18.9 Å². The highest BCUT2D eigenvalue weighted by molar-refractivity contribution is 5.77. The zero-order valence-electron chi connectivity index (χ0n) is 20.6. The van der Waals surface area contributed by atoms with Gasteiger partial charge in [-0.15, -0.1) is 0 Å². The van der Waals surface area contributed by atoms with Gasteiger partial charge >= 0.3 is 0 Å². The van der Waals surface area contributed by atoms with E-state index in [4.69, 9.17) is 9.15 Å². The van der Waals surface area contributed by atoms with E-state index in [1.54, 1.807) is 6.26 Å². The number of benzene rings is 2. The standard InChI is InChI=1S/C30H37NO3/c1-22-11-13-24(14-12-22)26(28-10-7-18-33-28)15-17-31-29(32)20-27(23-8-5-4-6-9-23)25-16-19-34-30(2,3)21-25/h4-14,18,25-27H,15-17,19-21H2,1-3H3,(H,31,32)/t25-,26-,27-/m1/s1. The molecule has 4 rings (SSSR count). The monoisotopic (exact) mass is 459 g/mol. The largest absolute Gasteiger partial charge is 0.469 e. The Morgan fingerprint density at radius 3 is 2.47 bits per heavy atom. The fraction of sp³-hybridized carbons (Fsp3) is 0.433. The molecule has 1 aliphatic heterocycles. The molecule has 1 amide bonds. The van der Waals surface area contributed by atoms with E-state index in [2.05, 4.69) is 74.6 Å². The van der Waals surface area contributed by atoms with Gasteiger partial charge in [0.15, 0.2) is 0 Å². The summed E-state index contributed by atoms with van der Waals surface area (Å²) in [4.78, 5) is 13.1.